The third-order valence-corrected chi connectivity index (χ3v) is 5.06. The molecule has 1 amide bonds. The third-order valence-electron chi connectivity index (χ3n) is 3.74. The predicted octanol–water partition coefficient (Wildman–Crippen LogP) is 4.33. The van der Waals surface area contributed by atoms with Gasteiger partial charge in [-0.15, -0.1) is 0 Å². The van der Waals surface area contributed by atoms with Gasteiger partial charge in [0.25, 0.3) is 5.91 Å². The molecular formula is C19H15ClN2O3S. The Morgan fingerprint density at radius 1 is 1.23 bits per heavy atom. The maximum Gasteiger partial charge on any atom is 0.337 e. The molecule has 1 heterocycles. The van der Waals surface area contributed by atoms with E-state index in [4.69, 9.17) is 11.6 Å². The van der Waals surface area contributed by atoms with Gasteiger partial charge in [0.2, 0.25) is 0 Å². The van der Waals surface area contributed by atoms with Gasteiger partial charge in [0.1, 0.15) is 0 Å². The normalized spacial score (nSPS) is 16.8. The second kappa shape index (κ2) is 7.76. The Balaban J connectivity index is 1.81. The van der Waals surface area contributed by atoms with E-state index >= 15 is 0 Å². The summed E-state index contributed by atoms with van der Waals surface area (Å²) in [7, 11) is 1.33. The van der Waals surface area contributed by atoms with E-state index in [1.165, 1.54) is 18.9 Å². The van der Waals surface area contributed by atoms with Gasteiger partial charge < -0.3 is 10.1 Å². The number of hydrogen-bond donors (Lipinski definition) is 1. The summed E-state index contributed by atoms with van der Waals surface area (Å²) in [4.78, 5) is 28.6. The van der Waals surface area contributed by atoms with Crippen LogP contribution in [0, 0.1) is 6.92 Å². The summed E-state index contributed by atoms with van der Waals surface area (Å²) in [6.07, 6.45) is 1.74. The number of nitrogens with zero attached hydrogens (tertiary/aromatic N) is 1. The molecule has 0 bridgehead atoms. The lowest BCUT2D eigenvalue weighted by atomic mass is 10.1. The fraction of sp³-hybridized carbons (Fsp3) is 0.105. The molecule has 7 heteroatoms. The maximum atomic E-state index is 12.2. The second-order valence-electron chi connectivity index (χ2n) is 5.48. The van der Waals surface area contributed by atoms with Crippen LogP contribution in [0.1, 0.15) is 21.5 Å². The summed E-state index contributed by atoms with van der Waals surface area (Å²) in [6, 6.07) is 12.3. The average molecular weight is 387 g/mol. The van der Waals surface area contributed by atoms with Crippen molar-refractivity contribution in [2.45, 2.75) is 6.92 Å². The number of ether oxygens (including phenoxy) is 1. The Morgan fingerprint density at radius 2 is 1.96 bits per heavy atom. The summed E-state index contributed by atoms with van der Waals surface area (Å²) >= 11 is 7.36. The summed E-state index contributed by atoms with van der Waals surface area (Å²) in [6.45, 7) is 1.88. The molecule has 0 saturated carbocycles. The number of amidine groups is 1. The van der Waals surface area contributed by atoms with Crippen LogP contribution in [0.15, 0.2) is 52.4 Å². The highest BCUT2D eigenvalue weighted by Crippen LogP contribution is 2.31. The SMILES string of the molecule is COC(=O)c1ccc(/C=C2\SC(=Nc3cccc(Cl)c3C)NC2=O)cc1. The highest BCUT2D eigenvalue weighted by molar-refractivity contribution is 8.18. The van der Waals surface area contributed by atoms with Crippen LogP contribution in [-0.2, 0) is 9.53 Å². The van der Waals surface area contributed by atoms with Gasteiger partial charge in [-0.1, -0.05) is 29.8 Å². The Hall–Kier alpha value is -2.57. The Kier molecular flexibility index (Phi) is 5.44. The number of aliphatic imine (C=N–C) groups is 1. The molecule has 2 aromatic rings. The number of benzene rings is 2. The molecule has 1 aliphatic rings. The molecule has 5 nitrogen and oxygen atoms in total. The van der Waals surface area contributed by atoms with E-state index in [1.54, 1.807) is 36.4 Å². The molecule has 1 saturated heterocycles. The van der Waals surface area contributed by atoms with Crippen molar-refractivity contribution >= 4 is 52.2 Å². The quantitative estimate of drug-likeness (QED) is 0.629. The molecular weight excluding hydrogens is 372 g/mol. The zero-order valence-corrected chi connectivity index (χ0v) is 15.6. The van der Waals surface area contributed by atoms with Gasteiger partial charge in [-0.25, -0.2) is 9.79 Å². The maximum absolute atomic E-state index is 12.2. The van der Waals surface area contributed by atoms with Gasteiger partial charge in [0.15, 0.2) is 5.17 Å². The minimum Gasteiger partial charge on any atom is -0.465 e. The molecule has 1 aliphatic heterocycles. The summed E-state index contributed by atoms with van der Waals surface area (Å²) in [5.74, 6) is -0.617. The van der Waals surface area contributed by atoms with Crippen molar-refractivity contribution < 1.29 is 14.3 Å². The van der Waals surface area contributed by atoms with E-state index in [2.05, 4.69) is 15.0 Å². The summed E-state index contributed by atoms with van der Waals surface area (Å²) in [5, 5.41) is 3.87. The lowest BCUT2D eigenvalue weighted by Gasteiger charge is -2.02. The smallest absolute Gasteiger partial charge is 0.337 e. The van der Waals surface area contributed by atoms with Crippen molar-refractivity contribution in [2.24, 2.45) is 4.99 Å². The largest absolute Gasteiger partial charge is 0.465 e. The van der Waals surface area contributed by atoms with Crippen molar-refractivity contribution in [2.75, 3.05) is 7.11 Å². The fourth-order valence-corrected chi connectivity index (χ4v) is 3.30. The zero-order valence-electron chi connectivity index (χ0n) is 14.1. The van der Waals surface area contributed by atoms with Gasteiger partial charge in [-0.2, -0.15) is 0 Å². The van der Waals surface area contributed by atoms with Crippen molar-refractivity contribution in [3.8, 4) is 0 Å². The lowest BCUT2D eigenvalue weighted by molar-refractivity contribution is -0.115. The third kappa shape index (κ3) is 3.98. The molecule has 132 valence electrons. The average Bonchev–Trinajstić information content (AvgIpc) is 2.98. The van der Waals surface area contributed by atoms with E-state index in [-0.39, 0.29) is 5.91 Å². The molecule has 0 radical (unpaired) electrons. The van der Waals surface area contributed by atoms with Crippen LogP contribution in [0.3, 0.4) is 0 Å². The monoisotopic (exact) mass is 386 g/mol. The Morgan fingerprint density at radius 3 is 2.65 bits per heavy atom. The molecule has 2 aromatic carbocycles. The van der Waals surface area contributed by atoms with E-state index in [9.17, 15) is 9.59 Å². The van der Waals surface area contributed by atoms with Crippen LogP contribution < -0.4 is 5.32 Å². The van der Waals surface area contributed by atoms with Crippen LogP contribution >= 0.6 is 23.4 Å². The first-order valence-electron chi connectivity index (χ1n) is 7.71. The molecule has 26 heavy (non-hydrogen) atoms. The van der Waals surface area contributed by atoms with Crippen molar-refractivity contribution in [1.82, 2.24) is 5.32 Å². The number of hydrogen-bond acceptors (Lipinski definition) is 5. The highest BCUT2D eigenvalue weighted by Gasteiger charge is 2.24. The summed E-state index contributed by atoms with van der Waals surface area (Å²) in [5.41, 5.74) is 2.82. The van der Waals surface area contributed by atoms with Gasteiger partial charge in [-0.05, 0) is 60.2 Å². The molecule has 1 N–H and O–H groups in total. The van der Waals surface area contributed by atoms with E-state index in [1.807, 2.05) is 19.1 Å². The zero-order chi connectivity index (χ0) is 18.7. The first kappa shape index (κ1) is 18.2. The molecule has 1 fully saturated rings. The second-order valence-corrected chi connectivity index (χ2v) is 6.92. The number of methoxy groups -OCH3 is 1. The summed E-state index contributed by atoms with van der Waals surface area (Å²) < 4.78 is 4.67. The molecule has 0 aromatic heterocycles. The van der Waals surface area contributed by atoms with E-state index < -0.39 is 5.97 Å². The minimum atomic E-state index is -0.400. The fourth-order valence-electron chi connectivity index (χ4n) is 2.29. The molecule has 3 rings (SSSR count). The van der Waals surface area contributed by atoms with Crippen molar-refractivity contribution in [3.05, 3.63) is 69.1 Å². The van der Waals surface area contributed by atoms with Crippen LogP contribution in [0.2, 0.25) is 5.02 Å². The minimum absolute atomic E-state index is 0.217. The van der Waals surface area contributed by atoms with Crippen LogP contribution in [-0.4, -0.2) is 24.2 Å². The lowest BCUT2D eigenvalue weighted by Crippen LogP contribution is -2.19. The van der Waals surface area contributed by atoms with Gasteiger partial charge in [0.05, 0.1) is 23.3 Å². The number of esters is 1. The van der Waals surface area contributed by atoms with Gasteiger partial charge in [-0.3, -0.25) is 4.79 Å². The molecule has 0 spiro atoms. The first-order valence-corrected chi connectivity index (χ1v) is 8.90. The topological polar surface area (TPSA) is 67.8 Å². The first-order chi connectivity index (χ1) is 12.5. The number of carbonyl (C=O) groups is 2. The molecule has 0 aliphatic carbocycles. The number of amides is 1. The molecule has 0 unspecified atom stereocenters. The van der Waals surface area contributed by atoms with Gasteiger partial charge >= 0.3 is 5.97 Å². The molecule has 0 atom stereocenters. The number of nitrogens with one attached hydrogen (secondary N) is 1. The predicted molar refractivity (Wildman–Crippen MR) is 105 cm³/mol. The number of carbonyl (C=O) groups excluding carboxylic acids is 2. The van der Waals surface area contributed by atoms with Gasteiger partial charge in [0, 0.05) is 5.02 Å². The number of thioether (sulfide) groups is 1. The number of halogens is 1. The van der Waals surface area contributed by atoms with Crippen molar-refractivity contribution in [3.63, 3.8) is 0 Å². The van der Waals surface area contributed by atoms with Crippen molar-refractivity contribution in [1.29, 1.82) is 0 Å². The van der Waals surface area contributed by atoms with E-state index in [0.29, 0.717) is 26.3 Å². The standard InChI is InChI=1S/C19H15ClN2O3S/c1-11-14(20)4-3-5-15(11)21-19-22-17(23)16(26-19)10-12-6-8-13(9-7-12)18(24)25-2/h3-10H,1-2H3,(H,21,22,23)/b16-10-. The van der Waals surface area contributed by atoms with E-state index in [0.717, 1.165) is 11.1 Å². The Bertz CT molecular complexity index is 936. The highest BCUT2D eigenvalue weighted by atomic mass is 35.5. The van der Waals surface area contributed by atoms with Crippen LogP contribution in [0.5, 0.6) is 0 Å². The van der Waals surface area contributed by atoms with Crippen LogP contribution in [0.25, 0.3) is 6.08 Å². The van der Waals surface area contributed by atoms with Crippen LogP contribution in [0.4, 0.5) is 5.69 Å². The number of rotatable bonds is 3. The Labute approximate surface area is 160 Å².